The molecule has 0 saturated carbocycles. The number of nitriles is 2. The molecule has 0 spiro atoms. The number of esters is 2. The third-order valence-corrected chi connectivity index (χ3v) is 9.72. The van der Waals surface area contributed by atoms with Gasteiger partial charge in [-0.2, -0.15) is 10.5 Å². The van der Waals surface area contributed by atoms with Crippen LogP contribution in [0.2, 0.25) is 5.02 Å². The van der Waals surface area contributed by atoms with Gasteiger partial charge in [-0.3, -0.25) is 0 Å². The second kappa shape index (κ2) is 22.2. The minimum Gasteiger partial charge on any atom is -0.490 e. The number of alkyl carbamates (subject to hydrolysis) is 2. The number of amides is 2. The van der Waals surface area contributed by atoms with E-state index >= 15 is 0 Å². The lowest BCUT2D eigenvalue weighted by Gasteiger charge is -2.25. The molecule has 64 heavy (non-hydrogen) atoms. The first-order valence-electron chi connectivity index (χ1n) is 20.1. The number of thioether (sulfide) groups is 1. The van der Waals surface area contributed by atoms with E-state index in [1.165, 1.54) is 24.9 Å². The Morgan fingerprint density at radius 2 is 1.42 bits per heavy atom. The van der Waals surface area contributed by atoms with Gasteiger partial charge < -0.3 is 44.5 Å². The molecule has 17 nitrogen and oxygen atoms in total. The molecular weight excluding hydrogens is 866 g/mol. The number of carbonyl (C=O) groups is 4. The lowest BCUT2D eigenvalue weighted by molar-refractivity contribution is -0.163. The van der Waals surface area contributed by atoms with Crippen molar-refractivity contribution >= 4 is 53.3 Å². The molecule has 4 N–H and O–H groups in total. The molecule has 0 aliphatic heterocycles. The van der Waals surface area contributed by atoms with Crippen LogP contribution in [0.4, 0.5) is 15.4 Å². The van der Waals surface area contributed by atoms with Crippen molar-refractivity contribution in [2.75, 3.05) is 18.9 Å². The summed E-state index contributed by atoms with van der Waals surface area (Å²) in [4.78, 5) is 60.4. The van der Waals surface area contributed by atoms with Gasteiger partial charge in [0.1, 0.15) is 77.1 Å². The Hall–Kier alpha value is -6.50. The molecule has 4 rings (SSSR count). The number of nitrogens with zero attached hydrogens (tertiary/aromatic N) is 4. The maximum Gasteiger partial charge on any atom is 0.408 e. The zero-order chi connectivity index (χ0) is 47.4. The highest BCUT2D eigenvalue weighted by atomic mass is 35.5. The molecule has 0 fully saturated rings. The van der Waals surface area contributed by atoms with Crippen molar-refractivity contribution in [1.29, 1.82) is 10.5 Å². The summed E-state index contributed by atoms with van der Waals surface area (Å²) in [5.41, 5.74) is 6.76. The van der Waals surface area contributed by atoms with E-state index < -0.39 is 60.1 Å². The normalized spacial score (nSPS) is 12.8. The molecule has 0 aliphatic carbocycles. The summed E-state index contributed by atoms with van der Waals surface area (Å²) in [5.74, 6) is -0.843. The van der Waals surface area contributed by atoms with Crippen molar-refractivity contribution in [1.82, 2.24) is 20.6 Å². The summed E-state index contributed by atoms with van der Waals surface area (Å²) < 4.78 is 33.4. The molecule has 0 bridgehead atoms. The fourth-order valence-corrected chi connectivity index (χ4v) is 6.67. The summed E-state index contributed by atoms with van der Waals surface area (Å²) in [6.07, 6.45) is -1.14. The number of benzene rings is 2. The first-order chi connectivity index (χ1) is 30.0. The number of hydrogen-bond donors (Lipinski definition) is 3. The lowest BCUT2D eigenvalue weighted by atomic mass is 9.97. The van der Waals surface area contributed by atoms with Gasteiger partial charge in [0, 0.05) is 21.9 Å². The van der Waals surface area contributed by atoms with Crippen molar-refractivity contribution in [2.45, 2.75) is 109 Å². The zero-order valence-electron chi connectivity index (χ0n) is 37.1. The molecule has 19 heteroatoms. The zero-order valence-corrected chi connectivity index (χ0v) is 38.6. The molecule has 0 radical (unpaired) electrons. The first-order valence-corrected chi connectivity index (χ1v) is 21.5. The topological polar surface area (TPSA) is 251 Å². The van der Waals surface area contributed by atoms with Crippen molar-refractivity contribution in [3.63, 3.8) is 0 Å². The third-order valence-electron chi connectivity index (χ3n) is 8.46. The van der Waals surface area contributed by atoms with Gasteiger partial charge in [0.15, 0.2) is 6.10 Å². The second-order valence-corrected chi connectivity index (χ2v) is 18.2. The van der Waals surface area contributed by atoms with Gasteiger partial charge >= 0.3 is 24.1 Å². The first kappa shape index (κ1) is 50.1. The van der Waals surface area contributed by atoms with Crippen LogP contribution in [0.5, 0.6) is 5.75 Å². The Balaban J connectivity index is 1.53. The minimum absolute atomic E-state index is 0.000798. The van der Waals surface area contributed by atoms with Crippen LogP contribution in [0.25, 0.3) is 22.6 Å². The highest BCUT2D eigenvalue weighted by Gasteiger charge is 2.30. The Kier molecular flexibility index (Phi) is 17.4. The van der Waals surface area contributed by atoms with Crippen molar-refractivity contribution in [3.8, 4) is 40.5 Å². The average Bonchev–Trinajstić information content (AvgIpc) is 3.68. The van der Waals surface area contributed by atoms with Gasteiger partial charge in [0.2, 0.25) is 5.89 Å². The highest BCUT2D eigenvalue weighted by molar-refractivity contribution is 7.98. The van der Waals surface area contributed by atoms with E-state index in [0.29, 0.717) is 22.2 Å². The van der Waals surface area contributed by atoms with Gasteiger partial charge in [-0.1, -0.05) is 49.3 Å². The Morgan fingerprint density at radius 3 is 2.00 bits per heavy atom. The van der Waals surface area contributed by atoms with E-state index in [4.69, 9.17) is 45.4 Å². The number of oxazole rings is 1. The van der Waals surface area contributed by atoms with Crippen LogP contribution in [0.15, 0.2) is 64.2 Å². The second-order valence-electron chi connectivity index (χ2n) is 16.8. The molecule has 3 atom stereocenters. The number of halogens is 1. The molecule has 0 unspecified atom stereocenters. The van der Waals surface area contributed by atoms with Gasteiger partial charge in [0.05, 0.1) is 11.3 Å². The van der Waals surface area contributed by atoms with Crippen LogP contribution >= 0.6 is 23.4 Å². The number of nitrogen functional groups attached to an aromatic ring is 1. The van der Waals surface area contributed by atoms with E-state index in [-0.39, 0.29) is 58.0 Å². The van der Waals surface area contributed by atoms with E-state index in [9.17, 15) is 29.7 Å². The maximum absolute atomic E-state index is 13.3. The van der Waals surface area contributed by atoms with E-state index in [2.05, 4.69) is 32.7 Å². The fourth-order valence-electron chi connectivity index (χ4n) is 5.68. The van der Waals surface area contributed by atoms with Crippen LogP contribution in [-0.4, -0.2) is 76.7 Å². The van der Waals surface area contributed by atoms with E-state index in [1.54, 1.807) is 90.1 Å². The average molecular weight is 918 g/mol. The summed E-state index contributed by atoms with van der Waals surface area (Å²) in [6, 6.07) is 15.3. The summed E-state index contributed by atoms with van der Waals surface area (Å²) >= 11 is 7.20. The van der Waals surface area contributed by atoms with Gasteiger partial charge in [-0.15, -0.1) is 0 Å². The number of anilines is 1. The SMILES string of the molecule is CC(C)C[C@H](NC(=O)OC(C)(C)C)C(=O)OC[C@H](COc1ccc(-c2c(C#N)c(N)nc(SCc3coc(-c4ccc(Cl)cc4)n3)c2C#N)cc1)OC(=O)[C@H](C)NC(=O)OC(C)(C)C. The molecule has 340 valence electrons. The number of pyridine rings is 1. The Bertz CT molecular complexity index is 2360. The lowest BCUT2D eigenvalue weighted by Crippen LogP contribution is -2.46. The molecule has 4 aromatic rings. The van der Waals surface area contributed by atoms with E-state index in [0.717, 1.165) is 5.56 Å². The molecule has 2 aromatic heterocycles. The molecule has 2 heterocycles. The van der Waals surface area contributed by atoms with Gasteiger partial charge in [0.25, 0.3) is 0 Å². The standard InChI is InChI=1S/C45H52ClN7O10S/c1-25(2)18-35(52-43(57)63-45(7,8)9)41(55)60-23-32(61-40(54)26(3)50-42(56)62-44(4,5)6)22-58-31-16-12-27(13-17-31)36-33(19-47)37(49)53-39(34(36)20-48)64-24-30-21-59-38(51-30)28-10-14-29(46)15-11-28/h10-17,21,25-26,32,35H,18,22-24H2,1-9H3,(H2,49,53)(H,50,56)(H,52,57)/t26-,32-,35-/m0/s1. The number of ether oxygens (including phenoxy) is 5. The number of nitrogens with two attached hydrogens (primary N) is 1. The Labute approximate surface area is 381 Å². The van der Waals surface area contributed by atoms with Crippen LogP contribution in [0.3, 0.4) is 0 Å². The van der Waals surface area contributed by atoms with E-state index in [1.807, 2.05) is 13.8 Å². The Morgan fingerprint density at radius 1 is 0.828 bits per heavy atom. The van der Waals surface area contributed by atoms with Crippen molar-refractivity contribution in [2.24, 2.45) is 5.92 Å². The molecule has 2 amide bonds. The summed E-state index contributed by atoms with van der Waals surface area (Å²) in [5, 5.41) is 26.3. The molecule has 2 aromatic carbocycles. The molecular formula is C45H52ClN7O10S. The maximum atomic E-state index is 13.3. The third kappa shape index (κ3) is 15.4. The number of nitrogens with one attached hydrogen (secondary N) is 2. The fraction of sp³-hybridized carbons (Fsp3) is 0.422. The quantitative estimate of drug-likeness (QED) is 0.0511. The minimum atomic E-state index is -1.21. The van der Waals surface area contributed by atoms with Gasteiger partial charge in [-0.25, -0.2) is 29.1 Å². The molecule has 0 saturated heterocycles. The largest absolute Gasteiger partial charge is 0.490 e. The monoisotopic (exact) mass is 917 g/mol. The van der Waals surface area contributed by atoms with Gasteiger partial charge in [-0.05, 0) is 103 Å². The highest BCUT2D eigenvalue weighted by Crippen LogP contribution is 2.37. The van der Waals surface area contributed by atoms with Crippen LogP contribution < -0.4 is 21.1 Å². The number of rotatable bonds is 17. The van der Waals surface area contributed by atoms with Crippen LogP contribution in [-0.2, 0) is 34.3 Å². The summed E-state index contributed by atoms with van der Waals surface area (Å²) in [7, 11) is 0. The van der Waals surface area contributed by atoms with Crippen molar-refractivity contribution < 1.29 is 47.3 Å². The number of carbonyl (C=O) groups excluding carboxylic acids is 4. The predicted octanol–water partition coefficient (Wildman–Crippen LogP) is 8.36. The predicted molar refractivity (Wildman–Crippen MR) is 238 cm³/mol. The van der Waals surface area contributed by atoms with Crippen molar-refractivity contribution in [3.05, 3.63) is 76.6 Å². The summed E-state index contributed by atoms with van der Waals surface area (Å²) in [6.45, 7) is 14.4. The molecule has 0 aliphatic rings. The van der Waals surface area contributed by atoms with Crippen LogP contribution in [0.1, 0.15) is 85.6 Å². The van der Waals surface area contributed by atoms with Crippen LogP contribution in [0, 0.1) is 28.6 Å². The smallest absolute Gasteiger partial charge is 0.408 e. The number of aromatic nitrogens is 2. The number of hydrogen-bond acceptors (Lipinski definition) is 16.